The second-order valence-corrected chi connectivity index (χ2v) is 6.67. The van der Waals surface area contributed by atoms with E-state index in [1.54, 1.807) is 0 Å². The van der Waals surface area contributed by atoms with Crippen molar-refractivity contribution in [2.24, 2.45) is 0 Å². The third kappa shape index (κ3) is 7.14. The van der Waals surface area contributed by atoms with Crippen molar-refractivity contribution in [1.29, 1.82) is 0 Å². The first kappa shape index (κ1) is 19.9. The molecule has 1 aromatic carbocycles. The van der Waals surface area contributed by atoms with Crippen molar-refractivity contribution < 1.29 is 4.79 Å². The van der Waals surface area contributed by atoms with Gasteiger partial charge < -0.3 is 15.1 Å². The fourth-order valence-corrected chi connectivity index (χ4v) is 3.26. The standard InChI is InChI=1S/C20H34N4O/c1-3-22(4-2)16-17-23(18-19-8-6-5-7-9-19)13-10-20(25)24-14-11-21-12-15-24/h5-9,21H,3-4,10-18H2,1-2H3. The lowest BCUT2D eigenvalue weighted by molar-refractivity contribution is -0.132. The van der Waals surface area contributed by atoms with Gasteiger partial charge in [0.15, 0.2) is 0 Å². The number of carbonyl (C=O) groups is 1. The van der Waals surface area contributed by atoms with Crippen LogP contribution >= 0.6 is 0 Å². The number of rotatable bonds is 10. The summed E-state index contributed by atoms with van der Waals surface area (Å²) in [5.41, 5.74) is 1.32. The van der Waals surface area contributed by atoms with E-state index in [-0.39, 0.29) is 0 Å². The number of likely N-dealkylation sites (N-methyl/N-ethyl adjacent to an activating group) is 1. The summed E-state index contributed by atoms with van der Waals surface area (Å²) in [6, 6.07) is 10.6. The minimum absolute atomic E-state index is 0.294. The third-order valence-corrected chi connectivity index (χ3v) is 4.99. The lowest BCUT2D eigenvalue weighted by atomic mass is 10.2. The highest BCUT2D eigenvalue weighted by Crippen LogP contribution is 2.07. The second kappa shape index (κ2) is 11.2. The number of benzene rings is 1. The molecule has 1 amide bonds. The van der Waals surface area contributed by atoms with Crippen molar-refractivity contribution in [1.82, 2.24) is 20.0 Å². The monoisotopic (exact) mass is 346 g/mol. The average molecular weight is 347 g/mol. The Bertz CT molecular complexity index is 484. The highest BCUT2D eigenvalue weighted by Gasteiger charge is 2.17. The second-order valence-electron chi connectivity index (χ2n) is 6.67. The van der Waals surface area contributed by atoms with Crippen molar-refractivity contribution in [3.63, 3.8) is 0 Å². The third-order valence-electron chi connectivity index (χ3n) is 4.99. The first-order valence-corrected chi connectivity index (χ1v) is 9.70. The molecule has 1 aliphatic heterocycles. The molecule has 2 rings (SSSR count). The Morgan fingerprint density at radius 2 is 1.64 bits per heavy atom. The van der Waals surface area contributed by atoms with E-state index in [9.17, 15) is 4.79 Å². The zero-order valence-electron chi connectivity index (χ0n) is 15.9. The fourth-order valence-electron chi connectivity index (χ4n) is 3.26. The summed E-state index contributed by atoms with van der Waals surface area (Å²) >= 11 is 0. The molecule has 0 radical (unpaired) electrons. The Morgan fingerprint density at radius 1 is 1.00 bits per heavy atom. The minimum atomic E-state index is 0.294. The van der Waals surface area contributed by atoms with Crippen molar-refractivity contribution in [2.75, 3.05) is 58.9 Å². The molecule has 5 heteroatoms. The van der Waals surface area contributed by atoms with E-state index in [4.69, 9.17) is 0 Å². The maximum Gasteiger partial charge on any atom is 0.223 e. The van der Waals surface area contributed by atoms with E-state index >= 15 is 0 Å². The molecular formula is C20H34N4O. The molecule has 1 N–H and O–H groups in total. The first-order valence-electron chi connectivity index (χ1n) is 9.70. The Kier molecular flexibility index (Phi) is 8.94. The maximum absolute atomic E-state index is 12.5. The van der Waals surface area contributed by atoms with Gasteiger partial charge in [0.1, 0.15) is 0 Å². The summed E-state index contributed by atoms with van der Waals surface area (Å²) in [6.45, 7) is 13.9. The SMILES string of the molecule is CCN(CC)CCN(CCC(=O)N1CCNCC1)Cc1ccccc1. The number of carbonyl (C=O) groups excluding carboxylic acids is 1. The summed E-state index contributed by atoms with van der Waals surface area (Å²) in [7, 11) is 0. The van der Waals surface area contributed by atoms with Crippen LogP contribution in [0.4, 0.5) is 0 Å². The van der Waals surface area contributed by atoms with Gasteiger partial charge in [-0.15, -0.1) is 0 Å². The molecule has 0 atom stereocenters. The Morgan fingerprint density at radius 3 is 2.28 bits per heavy atom. The predicted molar refractivity (Wildman–Crippen MR) is 104 cm³/mol. The van der Waals surface area contributed by atoms with Crippen molar-refractivity contribution in [3.8, 4) is 0 Å². The van der Waals surface area contributed by atoms with Gasteiger partial charge in [-0.1, -0.05) is 44.2 Å². The molecule has 0 aromatic heterocycles. The fraction of sp³-hybridized carbons (Fsp3) is 0.650. The highest BCUT2D eigenvalue weighted by atomic mass is 16.2. The number of amides is 1. The quantitative estimate of drug-likeness (QED) is 0.699. The molecule has 140 valence electrons. The van der Waals surface area contributed by atoms with Crippen LogP contribution in [0.1, 0.15) is 25.8 Å². The van der Waals surface area contributed by atoms with Crippen LogP contribution in [0.5, 0.6) is 0 Å². The van der Waals surface area contributed by atoms with Crippen LogP contribution in [0, 0.1) is 0 Å². The number of hydrogen-bond donors (Lipinski definition) is 1. The number of nitrogens with one attached hydrogen (secondary N) is 1. The van der Waals surface area contributed by atoms with Crippen LogP contribution in [0.2, 0.25) is 0 Å². The molecule has 1 fully saturated rings. The lowest BCUT2D eigenvalue weighted by Crippen LogP contribution is -2.47. The van der Waals surface area contributed by atoms with Crippen LogP contribution in [0.15, 0.2) is 30.3 Å². The van der Waals surface area contributed by atoms with Gasteiger partial charge in [0.25, 0.3) is 0 Å². The zero-order valence-corrected chi connectivity index (χ0v) is 15.9. The van der Waals surface area contributed by atoms with Crippen molar-refractivity contribution in [3.05, 3.63) is 35.9 Å². The van der Waals surface area contributed by atoms with Gasteiger partial charge in [0.2, 0.25) is 5.91 Å². The van der Waals surface area contributed by atoms with Crippen LogP contribution < -0.4 is 5.32 Å². The highest BCUT2D eigenvalue weighted by molar-refractivity contribution is 5.76. The summed E-state index contributed by atoms with van der Waals surface area (Å²) in [5.74, 6) is 0.294. The number of nitrogens with zero attached hydrogens (tertiary/aromatic N) is 3. The van der Waals surface area contributed by atoms with Gasteiger partial charge in [0, 0.05) is 58.8 Å². The summed E-state index contributed by atoms with van der Waals surface area (Å²) in [5, 5.41) is 3.30. The van der Waals surface area contributed by atoms with E-state index in [2.05, 4.69) is 59.3 Å². The Balaban J connectivity index is 1.87. The molecule has 0 saturated carbocycles. The first-order chi connectivity index (χ1) is 12.2. The molecule has 5 nitrogen and oxygen atoms in total. The van der Waals surface area contributed by atoms with E-state index in [0.717, 1.165) is 65.4 Å². The topological polar surface area (TPSA) is 38.8 Å². The van der Waals surface area contributed by atoms with E-state index < -0.39 is 0 Å². The van der Waals surface area contributed by atoms with Crippen molar-refractivity contribution >= 4 is 5.91 Å². The normalized spacial score (nSPS) is 15.1. The van der Waals surface area contributed by atoms with Crippen molar-refractivity contribution in [2.45, 2.75) is 26.8 Å². The van der Waals surface area contributed by atoms with Gasteiger partial charge in [0.05, 0.1) is 0 Å². The molecule has 0 bridgehead atoms. The molecule has 1 saturated heterocycles. The molecule has 0 unspecified atom stereocenters. The molecule has 1 aromatic rings. The average Bonchev–Trinajstić information content (AvgIpc) is 2.67. The maximum atomic E-state index is 12.5. The molecular weight excluding hydrogens is 312 g/mol. The Labute approximate surface area is 153 Å². The van der Waals surface area contributed by atoms with Crippen LogP contribution in [-0.4, -0.2) is 79.5 Å². The largest absolute Gasteiger partial charge is 0.340 e. The summed E-state index contributed by atoms with van der Waals surface area (Å²) < 4.78 is 0. The predicted octanol–water partition coefficient (Wildman–Crippen LogP) is 1.65. The van der Waals surface area contributed by atoms with Gasteiger partial charge in [-0.2, -0.15) is 0 Å². The molecule has 25 heavy (non-hydrogen) atoms. The van der Waals surface area contributed by atoms with Gasteiger partial charge in [-0.3, -0.25) is 9.69 Å². The lowest BCUT2D eigenvalue weighted by Gasteiger charge is -2.30. The van der Waals surface area contributed by atoms with Crippen LogP contribution in [0.25, 0.3) is 0 Å². The molecule has 1 heterocycles. The van der Waals surface area contributed by atoms with Gasteiger partial charge in [-0.25, -0.2) is 0 Å². The number of hydrogen-bond acceptors (Lipinski definition) is 4. The summed E-state index contributed by atoms with van der Waals surface area (Å²) in [4.78, 5) is 19.3. The van der Waals surface area contributed by atoms with Gasteiger partial charge in [-0.05, 0) is 18.7 Å². The van der Waals surface area contributed by atoms with E-state index in [0.29, 0.717) is 12.3 Å². The van der Waals surface area contributed by atoms with Crippen LogP contribution in [0.3, 0.4) is 0 Å². The summed E-state index contributed by atoms with van der Waals surface area (Å²) in [6.07, 6.45) is 0.616. The van der Waals surface area contributed by atoms with Gasteiger partial charge >= 0.3 is 0 Å². The number of piperazine rings is 1. The van der Waals surface area contributed by atoms with Crippen LogP contribution in [-0.2, 0) is 11.3 Å². The molecule has 1 aliphatic rings. The van der Waals surface area contributed by atoms with E-state index in [1.807, 2.05) is 4.90 Å². The minimum Gasteiger partial charge on any atom is -0.340 e. The zero-order chi connectivity index (χ0) is 17.9. The van der Waals surface area contributed by atoms with E-state index in [1.165, 1.54) is 5.56 Å². The molecule has 0 aliphatic carbocycles. The molecule has 0 spiro atoms. The Hall–Kier alpha value is -1.43. The smallest absolute Gasteiger partial charge is 0.223 e.